The molecular weight excluding hydrogens is 212 g/mol. The molecule has 0 spiro atoms. The highest BCUT2D eigenvalue weighted by atomic mass is 16.5. The van der Waals surface area contributed by atoms with Crippen molar-refractivity contribution in [3.63, 3.8) is 0 Å². The maximum Gasteiger partial charge on any atom is 0.305 e. The van der Waals surface area contributed by atoms with Crippen LogP contribution < -0.4 is 0 Å². The van der Waals surface area contributed by atoms with Gasteiger partial charge in [-0.25, -0.2) is 0 Å². The van der Waals surface area contributed by atoms with Crippen LogP contribution in [-0.4, -0.2) is 12.6 Å². The van der Waals surface area contributed by atoms with Gasteiger partial charge in [-0.05, 0) is 43.4 Å². The first-order valence-electron chi connectivity index (χ1n) is 7.13. The average Bonchev–Trinajstić information content (AvgIpc) is 2.22. The van der Waals surface area contributed by atoms with E-state index in [4.69, 9.17) is 4.74 Å². The van der Waals surface area contributed by atoms with Gasteiger partial charge < -0.3 is 4.74 Å². The van der Waals surface area contributed by atoms with Crippen molar-refractivity contribution >= 4 is 5.97 Å². The molecule has 0 heterocycles. The van der Waals surface area contributed by atoms with Crippen molar-refractivity contribution in [1.29, 1.82) is 0 Å². The van der Waals surface area contributed by atoms with Crippen LogP contribution in [0.1, 0.15) is 66.2 Å². The van der Waals surface area contributed by atoms with E-state index in [1.807, 2.05) is 6.92 Å². The Morgan fingerprint density at radius 2 is 2.12 bits per heavy atom. The van der Waals surface area contributed by atoms with E-state index >= 15 is 0 Å². The number of hydrogen-bond acceptors (Lipinski definition) is 2. The Kier molecular flexibility index (Phi) is 5.48. The number of ether oxygens (including phenoxy) is 1. The zero-order chi connectivity index (χ0) is 12.9. The van der Waals surface area contributed by atoms with E-state index < -0.39 is 0 Å². The molecule has 17 heavy (non-hydrogen) atoms. The molecule has 0 aromatic heterocycles. The van der Waals surface area contributed by atoms with Crippen molar-refractivity contribution < 1.29 is 9.53 Å². The topological polar surface area (TPSA) is 26.3 Å². The summed E-state index contributed by atoms with van der Waals surface area (Å²) in [6.07, 6.45) is 6.80. The Bertz CT molecular complexity index is 245. The van der Waals surface area contributed by atoms with Crippen molar-refractivity contribution in [2.24, 2.45) is 17.3 Å². The predicted molar refractivity (Wildman–Crippen MR) is 70.8 cm³/mol. The highest BCUT2D eigenvalue weighted by Crippen LogP contribution is 2.46. The molecule has 2 heteroatoms. The Labute approximate surface area is 106 Å². The van der Waals surface area contributed by atoms with E-state index in [0.717, 1.165) is 18.3 Å². The lowest BCUT2D eigenvalue weighted by atomic mass is 9.62. The number of rotatable bonds is 5. The molecule has 1 rings (SSSR count). The molecule has 1 saturated carbocycles. The largest absolute Gasteiger partial charge is 0.466 e. The fraction of sp³-hybridized carbons (Fsp3) is 0.933. The van der Waals surface area contributed by atoms with Gasteiger partial charge in [-0.3, -0.25) is 4.79 Å². The van der Waals surface area contributed by atoms with Crippen molar-refractivity contribution in [1.82, 2.24) is 0 Å². The van der Waals surface area contributed by atoms with Gasteiger partial charge in [-0.1, -0.05) is 33.6 Å². The van der Waals surface area contributed by atoms with Crippen molar-refractivity contribution in [2.45, 2.75) is 66.2 Å². The van der Waals surface area contributed by atoms with Gasteiger partial charge in [0, 0.05) is 6.42 Å². The van der Waals surface area contributed by atoms with Gasteiger partial charge in [0.15, 0.2) is 0 Å². The zero-order valence-electron chi connectivity index (χ0n) is 11.9. The predicted octanol–water partition coefficient (Wildman–Crippen LogP) is 4.18. The monoisotopic (exact) mass is 240 g/mol. The van der Waals surface area contributed by atoms with Gasteiger partial charge in [0.1, 0.15) is 0 Å². The summed E-state index contributed by atoms with van der Waals surface area (Å²) in [7, 11) is 0. The highest BCUT2D eigenvalue weighted by Gasteiger charge is 2.36. The van der Waals surface area contributed by atoms with Crippen LogP contribution in [0.2, 0.25) is 0 Å². The Morgan fingerprint density at radius 3 is 2.71 bits per heavy atom. The van der Waals surface area contributed by atoms with E-state index in [1.54, 1.807) is 0 Å². The van der Waals surface area contributed by atoms with E-state index in [9.17, 15) is 4.79 Å². The van der Waals surface area contributed by atoms with E-state index in [-0.39, 0.29) is 5.97 Å². The normalized spacial score (nSPS) is 27.8. The molecule has 0 bridgehead atoms. The molecule has 2 unspecified atom stereocenters. The van der Waals surface area contributed by atoms with Crippen LogP contribution in [0, 0.1) is 17.3 Å². The van der Waals surface area contributed by atoms with Crippen molar-refractivity contribution in [3.05, 3.63) is 0 Å². The summed E-state index contributed by atoms with van der Waals surface area (Å²) in [5, 5.41) is 0. The van der Waals surface area contributed by atoms with Gasteiger partial charge in [0.05, 0.1) is 6.61 Å². The number of carbonyl (C=O) groups is 1. The molecule has 2 nitrogen and oxygen atoms in total. The van der Waals surface area contributed by atoms with Crippen LogP contribution in [0.4, 0.5) is 0 Å². The lowest BCUT2D eigenvalue weighted by Crippen LogP contribution is -2.33. The zero-order valence-corrected chi connectivity index (χ0v) is 11.9. The third kappa shape index (κ3) is 4.33. The quantitative estimate of drug-likeness (QED) is 0.674. The van der Waals surface area contributed by atoms with Crippen LogP contribution in [0.3, 0.4) is 0 Å². The lowest BCUT2D eigenvalue weighted by Gasteiger charge is -2.43. The van der Waals surface area contributed by atoms with Gasteiger partial charge in [0.25, 0.3) is 0 Å². The average molecular weight is 240 g/mol. The minimum atomic E-state index is -0.0335. The molecule has 100 valence electrons. The third-order valence-corrected chi connectivity index (χ3v) is 4.37. The molecule has 0 N–H and O–H groups in total. The summed E-state index contributed by atoms with van der Waals surface area (Å²) in [6, 6.07) is 0. The first-order valence-corrected chi connectivity index (χ1v) is 7.13. The third-order valence-electron chi connectivity index (χ3n) is 4.37. The van der Waals surface area contributed by atoms with Gasteiger partial charge in [0.2, 0.25) is 0 Å². The molecule has 1 aliphatic rings. The van der Waals surface area contributed by atoms with Crippen LogP contribution in [0.5, 0.6) is 0 Å². The molecule has 0 saturated heterocycles. The molecule has 0 radical (unpaired) electrons. The Balaban J connectivity index is 2.35. The molecule has 1 aliphatic carbocycles. The molecular formula is C15H28O2. The second-order valence-corrected chi connectivity index (χ2v) is 6.16. The summed E-state index contributed by atoms with van der Waals surface area (Å²) in [4.78, 5) is 11.3. The number of carbonyl (C=O) groups excluding carboxylic acids is 1. The first-order chi connectivity index (χ1) is 7.97. The summed E-state index contributed by atoms with van der Waals surface area (Å²) < 4.78 is 4.97. The summed E-state index contributed by atoms with van der Waals surface area (Å²) in [6.45, 7) is 9.51. The van der Waals surface area contributed by atoms with Crippen molar-refractivity contribution in [2.75, 3.05) is 6.61 Å². The van der Waals surface area contributed by atoms with Gasteiger partial charge in [-0.2, -0.15) is 0 Å². The van der Waals surface area contributed by atoms with Gasteiger partial charge in [-0.15, -0.1) is 0 Å². The van der Waals surface area contributed by atoms with Crippen molar-refractivity contribution in [3.8, 4) is 0 Å². The fourth-order valence-corrected chi connectivity index (χ4v) is 3.41. The SMILES string of the molecule is CCOC(=O)CCCC1C(C)CCCC1(C)C. The Hall–Kier alpha value is -0.530. The molecule has 0 aromatic rings. The van der Waals surface area contributed by atoms with Crippen LogP contribution >= 0.6 is 0 Å². The molecule has 0 amide bonds. The second-order valence-electron chi connectivity index (χ2n) is 6.16. The smallest absolute Gasteiger partial charge is 0.305 e. The molecule has 0 aromatic carbocycles. The van der Waals surface area contributed by atoms with E-state index in [2.05, 4.69) is 20.8 Å². The van der Waals surface area contributed by atoms with Crippen LogP contribution in [0.25, 0.3) is 0 Å². The standard InChI is InChI=1S/C15H28O2/c1-5-17-14(16)10-6-9-13-12(2)8-7-11-15(13,3)4/h12-13H,5-11H2,1-4H3. The minimum Gasteiger partial charge on any atom is -0.466 e. The first kappa shape index (κ1) is 14.5. The van der Waals surface area contributed by atoms with E-state index in [0.29, 0.717) is 18.4 Å². The maximum absolute atomic E-state index is 11.3. The molecule has 2 atom stereocenters. The fourth-order valence-electron chi connectivity index (χ4n) is 3.41. The Morgan fingerprint density at radius 1 is 1.41 bits per heavy atom. The second kappa shape index (κ2) is 6.42. The summed E-state index contributed by atoms with van der Waals surface area (Å²) in [5.41, 5.74) is 0.451. The lowest BCUT2D eigenvalue weighted by molar-refractivity contribution is -0.143. The summed E-state index contributed by atoms with van der Waals surface area (Å²) >= 11 is 0. The maximum atomic E-state index is 11.3. The van der Waals surface area contributed by atoms with E-state index in [1.165, 1.54) is 25.7 Å². The van der Waals surface area contributed by atoms with Crippen LogP contribution in [-0.2, 0) is 9.53 Å². The molecule has 0 aliphatic heterocycles. The summed E-state index contributed by atoms with van der Waals surface area (Å²) in [5.74, 6) is 1.54. The highest BCUT2D eigenvalue weighted by molar-refractivity contribution is 5.69. The van der Waals surface area contributed by atoms with Crippen LogP contribution in [0.15, 0.2) is 0 Å². The molecule has 1 fully saturated rings. The minimum absolute atomic E-state index is 0.0335. The van der Waals surface area contributed by atoms with Gasteiger partial charge >= 0.3 is 5.97 Å². The number of esters is 1. The number of hydrogen-bond donors (Lipinski definition) is 0.